The lowest BCUT2D eigenvalue weighted by molar-refractivity contribution is 0.00634. The van der Waals surface area contributed by atoms with Gasteiger partial charge in [0.1, 0.15) is 5.60 Å². The van der Waals surface area contributed by atoms with Crippen molar-refractivity contribution in [1.82, 2.24) is 9.97 Å². The molecule has 1 N–H and O–H groups in total. The van der Waals surface area contributed by atoms with Crippen molar-refractivity contribution in [3.05, 3.63) is 15.7 Å². The highest BCUT2D eigenvalue weighted by Crippen LogP contribution is 2.11. The number of hydrogen-bond acceptors (Lipinski definition) is 3. The Morgan fingerprint density at radius 3 is 2.62 bits per heavy atom. The fraction of sp³-hybridized carbons (Fsp3) is 0.500. The molecule has 0 amide bonds. The van der Waals surface area contributed by atoms with Crippen LogP contribution in [0.3, 0.4) is 0 Å². The standard InChI is InChI=1S/C8H11IN2O2/c1-8(2,3)13-6(12)5-4-10-7(9)11-5/h4H,1-3H3,(H,10,11). The minimum Gasteiger partial charge on any atom is -0.455 e. The summed E-state index contributed by atoms with van der Waals surface area (Å²) in [4.78, 5) is 18.1. The lowest BCUT2D eigenvalue weighted by Gasteiger charge is -2.18. The fourth-order valence-electron chi connectivity index (χ4n) is 0.733. The Morgan fingerprint density at radius 2 is 2.23 bits per heavy atom. The van der Waals surface area contributed by atoms with Crippen LogP contribution in [0.5, 0.6) is 0 Å². The Kier molecular flexibility index (Phi) is 2.94. The van der Waals surface area contributed by atoms with Crippen molar-refractivity contribution in [2.75, 3.05) is 0 Å². The molecular formula is C8H11IN2O2. The molecule has 72 valence electrons. The molecular weight excluding hydrogens is 283 g/mol. The maximum Gasteiger partial charge on any atom is 0.359 e. The van der Waals surface area contributed by atoms with E-state index >= 15 is 0 Å². The highest BCUT2D eigenvalue weighted by Gasteiger charge is 2.19. The van der Waals surface area contributed by atoms with Crippen molar-refractivity contribution in [2.45, 2.75) is 26.4 Å². The lowest BCUT2D eigenvalue weighted by Crippen LogP contribution is -2.24. The van der Waals surface area contributed by atoms with E-state index in [1.54, 1.807) is 0 Å². The van der Waals surface area contributed by atoms with Crippen LogP contribution in [0.15, 0.2) is 6.20 Å². The van der Waals surface area contributed by atoms with Gasteiger partial charge in [0.05, 0.1) is 0 Å². The molecule has 0 aliphatic heterocycles. The van der Waals surface area contributed by atoms with Gasteiger partial charge in [-0.25, -0.2) is 9.78 Å². The molecule has 0 bridgehead atoms. The number of halogens is 1. The van der Waals surface area contributed by atoms with Gasteiger partial charge in [-0.1, -0.05) is 0 Å². The first kappa shape index (κ1) is 10.5. The number of ether oxygens (including phenoxy) is 1. The Labute approximate surface area is 90.2 Å². The van der Waals surface area contributed by atoms with Crippen LogP contribution in [0.4, 0.5) is 0 Å². The first-order chi connectivity index (χ1) is 5.88. The number of aromatic nitrogens is 2. The van der Waals surface area contributed by atoms with E-state index in [9.17, 15) is 4.79 Å². The van der Waals surface area contributed by atoms with E-state index in [2.05, 4.69) is 9.97 Å². The van der Waals surface area contributed by atoms with E-state index in [0.29, 0.717) is 9.53 Å². The molecule has 4 nitrogen and oxygen atoms in total. The van der Waals surface area contributed by atoms with Crippen LogP contribution in [0.25, 0.3) is 0 Å². The zero-order valence-corrected chi connectivity index (χ0v) is 9.88. The molecule has 1 aromatic heterocycles. The van der Waals surface area contributed by atoms with Gasteiger partial charge >= 0.3 is 5.97 Å². The Bertz CT molecular complexity index is 314. The van der Waals surface area contributed by atoms with Crippen molar-refractivity contribution in [1.29, 1.82) is 0 Å². The van der Waals surface area contributed by atoms with Gasteiger partial charge in [0.2, 0.25) is 0 Å². The van der Waals surface area contributed by atoms with Gasteiger partial charge in [0.25, 0.3) is 0 Å². The van der Waals surface area contributed by atoms with Gasteiger partial charge in [-0.2, -0.15) is 0 Å². The van der Waals surface area contributed by atoms with E-state index in [1.807, 2.05) is 43.4 Å². The Morgan fingerprint density at radius 1 is 1.62 bits per heavy atom. The van der Waals surface area contributed by atoms with E-state index < -0.39 is 11.6 Å². The molecule has 0 spiro atoms. The monoisotopic (exact) mass is 294 g/mol. The molecule has 5 heteroatoms. The lowest BCUT2D eigenvalue weighted by atomic mass is 10.2. The topological polar surface area (TPSA) is 55.0 Å². The van der Waals surface area contributed by atoms with E-state index in [-0.39, 0.29) is 0 Å². The summed E-state index contributed by atoms with van der Waals surface area (Å²) in [5, 5.41) is 0. The average molecular weight is 294 g/mol. The molecule has 0 saturated heterocycles. The second kappa shape index (κ2) is 3.65. The summed E-state index contributed by atoms with van der Waals surface area (Å²) in [5.41, 5.74) is -0.152. The minimum absolute atomic E-state index is 0.319. The summed E-state index contributed by atoms with van der Waals surface area (Å²) in [5.74, 6) is -0.397. The molecule has 1 aromatic rings. The summed E-state index contributed by atoms with van der Waals surface area (Å²) in [6.07, 6.45) is 1.54. The van der Waals surface area contributed by atoms with Gasteiger partial charge in [-0.15, -0.1) is 0 Å². The number of carbonyl (C=O) groups excluding carboxylic acids is 1. The van der Waals surface area contributed by atoms with Crippen molar-refractivity contribution in [3.8, 4) is 0 Å². The number of hydrogen-bond donors (Lipinski definition) is 1. The summed E-state index contributed by atoms with van der Waals surface area (Å²) in [7, 11) is 0. The van der Waals surface area contributed by atoms with Crippen LogP contribution in [0.1, 0.15) is 31.3 Å². The van der Waals surface area contributed by atoms with E-state index in [1.165, 1.54) is 6.20 Å². The maximum absolute atomic E-state index is 11.4. The third-order valence-electron chi connectivity index (χ3n) is 1.15. The molecule has 0 saturated carbocycles. The summed E-state index contributed by atoms with van der Waals surface area (Å²) in [6, 6.07) is 0. The normalized spacial score (nSPS) is 11.4. The summed E-state index contributed by atoms with van der Waals surface area (Å²) >= 11 is 2.00. The van der Waals surface area contributed by atoms with Crippen LogP contribution in [0, 0.1) is 3.83 Å². The molecule has 0 radical (unpaired) electrons. The average Bonchev–Trinajstić information content (AvgIpc) is 2.31. The van der Waals surface area contributed by atoms with E-state index in [0.717, 1.165) is 0 Å². The van der Waals surface area contributed by atoms with Crippen LogP contribution in [-0.4, -0.2) is 21.5 Å². The molecule has 0 fully saturated rings. The third-order valence-corrected chi connectivity index (χ3v) is 1.71. The smallest absolute Gasteiger partial charge is 0.359 e. The van der Waals surface area contributed by atoms with Gasteiger partial charge in [0.15, 0.2) is 9.53 Å². The Balaban J connectivity index is 2.70. The first-order valence-corrected chi connectivity index (χ1v) is 4.90. The number of nitrogens with one attached hydrogen (secondary N) is 1. The highest BCUT2D eigenvalue weighted by molar-refractivity contribution is 14.1. The number of nitrogens with zero attached hydrogens (tertiary/aromatic N) is 1. The molecule has 0 aliphatic carbocycles. The van der Waals surface area contributed by atoms with Crippen molar-refractivity contribution >= 4 is 28.6 Å². The molecule has 1 rings (SSSR count). The summed E-state index contributed by atoms with van der Waals surface area (Å²) in [6.45, 7) is 5.47. The van der Waals surface area contributed by atoms with Crippen LogP contribution >= 0.6 is 22.6 Å². The van der Waals surface area contributed by atoms with Crippen molar-refractivity contribution in [2.24, 2.45) is 0 Å². The van der Waals surface area contributed by atoms with Gasteiger partial charge in [-0.05, 0) is 43.4 Å². The third kappa shape index (κ3) is 3.33. The predicted molar refractivity (Wildman–Crippen MR) is 56.5 cm³/mol. The van der Waals surface area contributed by atoms with Crippen LogP contribution in [0.2, 0.25) is 0 Å². The molecule has 0 atom stereocenters. The van der Waals surface area contributed by atoms with Crippen LogP contribution in [-0.2, 0) is 4.74 Å². The van der Waals surface area contributed by atoms with E-state index in [4.69, 9.17) is 4.74 Å². The minimum atomic E-state index is -0.471. The van der Waals surface area contributed by atoms with Gasteiger partial charge in [-0.3, -0.25) is 0 Å². The number of aromatic amines is 1. The second-order valence-electron chi connectivity index (χ2n) is 3.58. The number of H-pyrrole nitrogens is 1. The molecule has 13 heavy (non-hydrogen) atoms. The van der Waals surface area contributed by atoms with Crippen LogP contribution < -0.4 is 0 Å². The second-order valence-corrected chi connectivity index (χ2v) is 4.60. The summed E-state index contributed by atoms with van der Waals surface area (Å²) < 4.78 is 5.79. The van der Waals surface area contributed by atoms with Gasteiger partial charge in [0, 0.05) is 6.20 Å². The maximum atomic E-state index is 11.4. The number of carbonyl (C=O) groups is 1. The molecule has 0 aromatic carbocycles. The number of imidazole rings is 1. The van der Waals surface area contributed by atoms with Gasteiger partial charge < -0.3 is 9.72 Å². The number of esters is 1. The largest absolute Gasteiger partial charge is 0.455 e. The number of rotatable bonds is 1. The fourth-order valence-corrected chi connectivity index (χ4v) is 1.15. The zero-order valence-electron chi connectivity index (χ0n) is 7.72. The Hall–Kier alpha value is -0.590. The molecule has 1 heterocycles. The highest BCUT2D eigenvalue weighted by atomic mass is 127. The quantitative estimate of drug-likeness (QED) is 0.636. The first-order valence-electron chi connectivity index (χ1n) is 3.83. The van der Waals surface area contributed by atoms with Crippen molar-refractivity contribution < 1.29 is 9.53 Å². The molecule has 0 aliphatic rings. The SMILES string of the molecule is CC(C)(C)OC(=O)c1c[nH]c(I)n1. The molecule has 0 unspecified atom stereocenters. The van der Waals surface area contributed by atoms with Crippen molar-refractivity contribution in [3.63, 3.8) is 0 Å². The predicted octanol–water partition coefficient (Wildman–Crippen LogP) is 1.97. The zero-order chi connectivity index (χ0) is 10.1.